The van der Waals surface area contributed by atoms with Gasteiger partial charge in [0.1, 0.15) is 5.75 Å². The van der Waals surface area contributed by atoms with Crippen molar-refractivity contribution in [2.75, 3.05) is 12.8 Å². The molecule has 1 heterocycles. The highest BCUT2D eigenvalue weighted by Gasteiger charge is 2.20. The van der Waals surface area contributed by atoms with Crippen molar-refractivity contribution in [3.8, 4) is 17.1 Å². The first kappa shape index (κ1) is 13.3. The molecule has 19 heavy (non-hydrogen) atoms. The van der Waals surface area contributed by atoms with E-state index in [0.717, 1.165) is 5.56 Å². The highest BCUT2D eigenvalue weighted by Crippen LogP contribution is 2.32. The van der Waals surface area contributed by atoms with Gasteiger partial charge in [-0.1, -0.05) is 13.8 Å². The monoisotopic (exact) mass is 261 g/mol. The van der Waals surface area contributed by atoms with Gasteiger partial charge in [0.2, 0.25) is 0 Å². The fourth-order valence-electron chi connectivity index (χ4n) is 1.83. The molecule has 0 amide bonds. The molecule has 1 aromatic heterocycles. The van der Waals surface area contributed by atoms with Gasteiger partial charge in [0.15, 0.2) is 5.82 Å². The standard InChI is InChI=1S/C13H19N5O/c1-8(2)9(3)18-13(15-16-17-18)11-7-10(14)5-6-12(11)19-4/h5-9H,14H2,1-4H3. The second-order valence-electron chi connectivity index (χ2n) is 4.89. The topological polar surface area (TPSA) is 78.8 Å². The molecule has 0 bridgehead atoms. The SMILES string of the molecule is COc1ccc(N)cc1-c1nnnn1C(C)C(C)C. The molecule has 2 aromatic rings. The van der Waals surface area contributed by atoms with Gasteiger partial charge in [0.05, 0.1) is 18.7 Å². The molecule has 2 rings (SSSR count). The second-order valence-corrected chi connectivity index (χ2v) is 4.89. The van der Waals surface area contributed by atoms with Gasteiger partial charge < -0.3 is 10.5 Å². The Labute approximate surface area is 112 Å². The van der Waals surface area contributed by atoms with E-state index in [1.807, 2.05) is 16.8 Å². The van der Waals surface area contributed by atoms with Crippen molar-refractivity contribution in [2.45, 2.75) is 26.8 Å². The van der Waals surface area contributed by atoms with Gasteiger partial charge in [-0.3, -0.25) is 0 Å². The van der Waals surface area contributed by atoms with Crippen LogP contribution in [-0.4, -0.2) is 27.3 Å². The van der Waals surface area contributed by atoms with Crippen LogP contribution in [0, 0.1) is 5.92 Å². The van der Waals surface area contributed by atoms with Crippen LogP contribution in [0.2, 0.25) is 0 Å². The predicted molar refractivity (Wildman–Crippen MR) is 73.8 cm³/mol. The van der Waals surface area contributed by atoms with E-state index in [4.69, 9.17) is 10.5 Å². The lowest BCUT2D eigenvalue weighted by molar-refractivity contribution is 0.370. The number of nitrogens with zero attached hydrogens (tertiary/aromatic N) is 4. The minimum atomic E-state index is 0.191. The Bertz CT molecular complexity index is 564. The number of nitrogen functional groups attached to an aromatic ring is 1. The summed E-state index contributed by atoms with van der Waals surface area (Å²) in [5, 5.41) is 12.0. The Morgan fingerprint density at radius 3 is 2.63 bits per heavy atom. The molecule has 0 saturated carbocycles. The molecule has 1 unspecified atom stereocenters. The Kier molecular flexibility index (Phi) is 3.69. The van der Waals surface area contributed by atoms with Crippen molar-refractivity contribution < 1.29 is 4.74 Å². The van der Waals surface area contributed by atoms with Gasteiger partial charge in [-0.2, -0.15) is 0 Å². The number of anilines is 1. The van der Waals surface area contributed by atoms with Gasteiger partial charge in [0, 0.05) is 5.69 Å². The number of ether oxygens (including phenoxy) is 1. The summed E-state index contributed by atoms with van der Waals surface area (Å²) < 4.78 is 7.16. The van der Waals surface area contributed by atoms with Crippen LogP contribution >= 0.6 is 0 Å². The van der Waals surface area contributed by atoms with Gasteiger partial charge in [0.25, 0.3) is 0 Å². The summed E-state index contributed by atoms with van der Waals surface area (Å²) in [5.74, 6) is 1.81. The quantitative estimate of drug-likeness (QED) is 0.853. The van der Waals surface area contributed by atoms with Crippen molar-refractivity contribution in [3.05, 3.63) is 18.2 Å². The lowest BCUT2D eigenvalue weighted by atomic mass is 10.1. The Morgan fingerprint density at radius 2 is 2.00 bits per heavy atom. The van der Waals surface area contributed by atoms with Crippen LogP contribution in [0.5, 0.6) is 5.75 Å². The van der Waals surface area contributed by atoms with E-state index in [9.17, 15) is 0 Å². The van der Waals surface area contributed by atoms with Crippen LogP contribution in [0.25, 0.3) is 11.4 Å². The maximum atomic E-state index is 5.84. The average Bonchev–Trinajstić information content (AvgIpc) is 2.86. The lowest BCUT2D eigenvalue weighted by Crippen LogP contribution is -2.14. The molecule has 0 aliphatic carbocycles. The molecular weight excluding hydrogens is 242 g/mol. The number of aromatic nitrogens is 4. The number of hydrogen-bond acceptors (Lipinski definition) is 5. The minimum Gasteiger partial charge on any atom is -0.496 e. The summed E-state index contributed by atoms with van der Waals surface area (Å²) in [5.41, 5.74) is 7.30. The molecule has 2 N–H and O–H groups in total. The first-order chi connectivity index (χ1) is 9.04. The average molecular weight is 261 g/mol. The zero-order valence-electron chi connectivity index (χ0n) is 11.7. The molecule has 0 fully saturated rings. The van der Waals surface area contributed by atoms with E-state index in [2.05, 4.69) is 36.3 Å². The number of methoxy groups -OCH3 is 1. The normalized spacial score (nSPS) is 12.7. The summed E-state index contributed by atoms with van der Waals surface area (Å²) in [7, 11) is 1.62. The van der Waals surface area contributed by atoms with Crippen LogP contribution in [0.3, 0.4) is 0 Å². The maximum Gasteiger partial charge on any atom is 0.186 e. The van der Waals surface area contributed by atoms with Gasteiger partial charge in [-0.05, 0) is 41.5 Å². The van der Waals surface area contributed by atoms with E-state index in [-0.39, 0.29) is 6.04 Å². The highest BCUT2D eigenvalue weighted by molar-refractivity contribution is 5.68. The number of hydrogen-bond donors (Lipinski definition) is 1. The van der Waals surface area contributed by atoms with Crippen molar-refractivity contribution in [3.63, 3.8) is 0 Å². The fraction of sp³-hybridized carbons (Fsp3) is 0.462. The summed E-state index contributed by atoms with van der Waals surface area (Å²) in [6, 6.07) is 5.64. The third kappa shape index (κ3) is 2.52. The van der Waals surface area contributed by atoms with Crippen molar-refractivity contribution in [2.24, 2.45) is 5.92 Å². The van der Waals surface area contributed by atoms with Gasteiger partial charge in [-0.25, -0.2) is 4.68 Å². The van der Waals surface area contributed by atoms with Crippen molar-refractivity contribution in [1.29, 1.82) is 0 Å². The summed E-state index contributed by atoms with van der Waals surface area (Å²) in [6.45, 7) is 6.35. The molecule has 6 heteroatoms. The molecular formula is C13H19N5O. The Hall–Kier alpha value is -2.11. The molecule has 0 aliphatic heterocycles. The van der Waals surface area contributed by atoms with Crippen LogP contribution in [0.4, 0.5) is 5.69 Å². The van der Waals surface area contributed by atoms with Crippen molar-refractivity contribution in [1.82, 2.24) is 20.2 Å². The Balaban J connectivity index is 2.54. The molecule has 1 aromatic carbocycles. The molecule has 0 radical (unpaired) electrons. The number of benzene rings is 1. The van der Waals surface area contributed by atoms with Gasteiger partial charge in [-0.15, -0.1) is 5.10 Å². The lowest BCUT2D eigenvalue weighted by Gasteiger charge is -2.17. The summed E-state index contributed by atoms with van der Waals surface area (Å²) in [4.78, 5) is 0. The molecule has 102 valence electrons. The predicted octanol–water partition coefficient (Wildman–Crippen LogP) is 2.15. The van der Waals surface area contributed by atoms with Crippen LogP contribution < -0.4 is 10.5 Å². The molecule has 6 nitrogen and oxygen atoms in total. The smallest absolute Gasteiger partial charge is 0.186 e. The molecule has 0 spiro atoms. The zero-order chi connectivity index (χ0) is 14.0. The fourth-order valence-corrected chi connectivity index (χ4v) is 1.83. The number of rotatable bonds is 4. The molecule has 0 saturated heterocycles. The number of nitrogens with two attached hydrogens (primary N) is 1. The van der Waals surface area contributed by atoms with Crippen molar-refractivity contribution >= 4 is 5.69 Å². The third-order valence-corrected chi connectivity index (χ3v) is 3.31. The minimum absolute atomic E-state index is 0.191. The summed E-state index contributed by atoms with van der Waals surface area (Å²) in [6.07, 6.45) is 0. The maximum absolute atomic E-state index is 5.84. The first-order valence-corrected chi connectivity index (χ1v) is 6.26. The van der Waals surface area contributed by atoms with Crippen LogP contribution in [0.1, 0.15) is 26.8 Å². The van der Waals surface area contributed by atoms with Gasteiger partial charge >= 0.3 is 0 Å². The van der Waals surface area contributed by atoms with Crippen LogP contribution in [0.15, 0.2) is 18.2 Å². The highest BCUT2D eigenvalue weighted by atomic mass is 16.5. The van der Waals surface area contributed by atoms with Crippen LogP contribution in [-0.2, 0) is 0 Å². The van der Waals surface area contributed by atoms with E-state index in [1.54, 1.807) is 13.2 Å². The zero-order valence-corrected chi connectivity index (χ0v) is 11.7. The molecule has 1 atom stereocenters. The van der Waals surface area contributed by atoms with E-state index in [1.165, 1.54) is 0 Å². The largest absolute Gasteiger partial charge is 0.496 e. The first-order valence-electron chi connectivity index (χ1n) is 6.26. The Morgan fingerprint density at radius 1 is 1.26 bits per heavy atom. The van der Waals surface area contributed by atoms with E-state index in [0.29, 0.717) is 23.2 Å². The third-order valence-electron chi connectivity index (χ3n) is 3.31. The van der Waals surface area contributed by atoms with E-state index < -0.39 is 0 Å². The number of tetrazole rings is 1. The molecule has 0 aliphatic rings. The van der Waals surface area contributed by atoms with E-state index >= 15 is 0 Å². The summed E-state index contributed by atoms with van der Waals surface area (Å²) >= 11 is 0. The second kappa shape index (κ2) is 5.26.